The molecule has 4 nitrogen and oxygen atoms in total. The van der Waals surface area contributed by atoms with Gasteiger partial charge in [-0.3, -0.25) is 0 Å². The largest absolute Gasteiger partial charge is 0.290 e. The maximum absolute atomic E-state index is 10.0. The Labute approximate surface area is 49.3 Å². The van der Waals surface area contributed by atoms with Gasteiger partial charge >= 0.3 is 0 Å². The molecule has 0 aliphatic carbocycles. The van der Waals surface area contributed by atoms with Gasteiger partial charge in [0.25, 0.3) is 10.2 Å². The standard InChI is InChI=1S/C3H9N2O2S/c1-2-3-5-8(4,6)7/h2-3H2,1H3,(H2,4,6,7). The highest BCUT2D eigenvalue weighted by Crippen LogP contribution is 1.74. The second-order valence-corrected chi connectivity index (χ2v) is 2.66. The van der Waals surface area contributed by atoms with Gasteiger partial charge in [0.2, 0.25) is 0 Å². The fourth-order valence-electron chi connectivity index (χ4n) is 0.219. The van der Waals surface area contributed by atoms with Crippen LogP contribution in [-0.4, -0.2) is 15.0 Å². The normalized spacial score (nSPS) is 11.8. The van der Waals surface area contributed by atoms with Crippen molar-refractivity contribution in [2.24, 2.45) is 5.14 Å². The molecule has 0 heterocycles. The van der Waals surface area contributed by atoms with E-state index in [4.69, 9.17) is 0 Å². The highest BCUT2D eigenvalue weighted by molar-refractivity contribution is 7.87. The molecular weight excluding hydrogens is 128 g/mol. The molecule has 0 spiro atoms. The maximum Gasteiger partial charge on any atom is 0.290 e. The van der Waals surface area contributed by atoms with Crippen LogP contribution in [0.2, 0.25) is 0 Å². The van der Waals surface area contributed by atoms with Gasteiger partial charge in [-0.1, -0.05) is 6.92 Å². The van der Waals surface area contributed by atoms with Gasteiger partial charge in [0.15, 0.2) is 0 Å². The van der Waals surface area contributed by atoms with Crippen LogP contribution >= 0.6 is 0 Å². The summed E-state index contributed by atoms with van der Waals surface area (Å²) in [5.74, 6) is 0. The number of rotatable bonds is 3. The van der Waals surface area contributed by atoms with E-state index in [0.29, 0.717) is 13.0 Å². The van der Waals surface area contributed by atoms with Crippen molar-refractivity contribution < 1.29 is 8.42 Å². The summed E-state index contributed by atoms with van der Waals surface area (Å²) in [5.41, 5.74) is 0. The van der Waals surface area contributed by atoms with Crippen molar-refractivity contribution in [3.8, 4) is 0 Å². The Morgan fingerprint density at radius 1 is 1.62 bits per heavy atom. The molecule has 0 amide bonds. The van der Waals surface area contributed by atoms with Crippen LogP contribution < -0.4 is 9.86 Å². The zero-order chi connectivity index (χ0) is 6.62. The van der Waals surface area contributed by atoms with Crippen molar-refractivity contribution in [3.63, 3.8) is 0 Å². The molecule has 0 rings (SSSR count). The molecule has 0 atom stereocenters. The van der Waals surface area contributed by atoms with Crippen LogP contribution in [0, 0.1) is 0 Å². The van der Waals surface area contributed by atoms with Gasteiger partial charge in [0.1, 0.15) is 0 Å². The fourth-order valence-corrected chi connectivity index (χ4v) is 0.656. The first-order valence-corrected chi connectivity index (χ1v) is 3.78. The third kappa shape index (κ3) is 5.87. The molecule has 0 aromatic carbocycles. The monoisotopic (exact) mass is 137 g/mol. The number of nitrogens with zero attached hydrogens (tertiary/aromatic N) is 1. The molecule has 0 fully saturated rings. The van der Waals surface area contributed by atoms with Crippen molar-refractivity contribution in [1.29, 1.82) is 0 Å². The maximum atomic E-state index is 10.0. The van der Waals surface area contributed by atoms with E-state index >= 15 is 0 Å². The average Bonchev–Trinajstić information content (AvgIpc) is 1.59. The van der Waals surface area contributed by atoms with Crippen LogP contribution in [0.15, 0.2) is 0 Å². The Balaban J connectivity index is 3.42. The first kappa shape index (κ1) is 7.87. The van der Waals surface area contributed by atoms with E-state index < -0.39 is 10.2 Å². The minimum atomic E-state index is -3.56. The molecule has 2 N–H and O–H groups in total. The lowest BCUT2D eigenvalue weighted by Gasteiger charge is -1.91. The van der Waals surface area contributed by atoms with E-state index in [-0.39, 0.29) is 0 Å². The summed E-state index contributed by atoms with van der Waals surface area (Å²) in [5, 5.41) is 4.53. The van der Waals surface area contributed by atoms with Gasteiger partial charge in [-0.25, -0.2) is 5.14 Å². The number of nitrogens with two attached hydrogens (primary N) is 1. The second-order valence-electron chi connectivity index (χ2n) is 1.37. The summed E-state index contributed by atoms with van der Waals surface area (Å²) in [7, 11) is -3.56. The Morgan fingerprint density at radius 3 is 2.25 bits per heavy atom. The Bertz CT molecular complexity index is 139. The molecule has 0 bridgehead atoms. The predicted octanol–water partition coefficient (Wildman–Crippen LogP) is -0.796. The van der Waals surface area contributed by atoms with Gasteiger partial charge in [-0.15, -0.1) is 4.72 Å². The minimum absolute atomic E-state index is 0.291. The van der Waals surface area contributed by atoms with Gasteiger partial charge in [-0.05, 0) is 6.42 Å². The fraction of sp³-hybridized carbons (Fsp3) is 1.00. The van der Waals surface area contributed by atoms with Crippen LogP contribution in [0.1, 0.15) is 13.3 Å². The van der Waals surface area contributed by atoms with Gasteiger partial charge < -0.3 is 0 Å². The van der Waals surface area contributed by atoms with Gasteiger partial charge in [-0.2, -0.15) is 8.42 Å². The second kappa shape index (κ2) is 3.01. The molecule has 0 saturated carbocycles. The van der Waals surface area contributed by atoms with E-state index in [9.17, 15) is 8.42 Å². The molecule has 0 aromatic rings. The van der Waals surface area contributed by atoms with Gasteiger partial charge in [0.05, 0.1) is 0 Å². The summed E-state index contributed by atoms with van der Waals surface area (Å²) in [4.78, 5) is 0. The number of hydrogen-bond donors (Lipinski definition) is 1. The molecule has 0 aliphatic heterocycles. The summed E-state index contributed by atoms with van der Waals surface area (Å²) in [6, 6.07) is 0. The van der Waals surface area contributed by atoms with Crippen molar-refractivity contribution in [1.82, 2.24) is 4.72 Å². The Kier molecular flexibility index (Phi) is 2.96. The van der Waals surface area contributed by atoms with Crippen molar-refractivity contribution in [2.75, 3.05) is 6.54 Å². The van der Waals surface area contributed by atoms with Crippen molar-refractivity contribution >= 4 is 10.2 Å². The first-order valence-electron chi connectivity index (χ1n) is 2.27. The highest BCUT2D eigenvalue weighted by Gasteiger charge is 1.98. The van der Waals surface area contributed by atoms with Crippen LogP contribution in [0.4, 0.5) is 0 Å². The molecule has 0 unspecified atom stereocenters. The zero-order valence-corrected chi connectivity index (χ0v) is 5.48. The molecule has 0 aliphatic rings. The third-order valence-corrected chi connectivity index (χ3v) is 1.04. The minimum Gasteiger partial charge on any atom is -0.214 e. The lowest BCUT2D eigenvalue weighted by atomic mass is 10.5. The van der Waals surface area contributed by atoms with E-state index in [1.165, 1.54) is 0 Å². The Morgan fingerprint density at radius 2 is 2.12 bits per heavy atom. The molecule has 49 valence electrons. The number of hydrogen-bond acceptors (Lipinski definition) is 2. The third-order valence-electron chi connectivity index (χ3n) is 0.495. The highest BCUT2D eigenvalue weighted by atomic mass is 32.2. The zero-order valence-electron chi connectivity index (χ0n) is 4.66. The van der Waals surface area contributed by atoms with Crippen molar-refractivity contribution in [2.45, 2.75) is 13.3 Å². The van der Waals surface area contributed by atoms with Crippen LogP contribution in [0.3, 0.4) is 0 Å². The summed E-state index contributed by atoms with van der Waals surface area (Å²) in [6.45, 7) is 2.12. The molecular formula is C3H9N2O2S. The Hall–Kier alpha value is -0.130. The SMILES string of the molecule is CCC[N]S(N)(=O)=O. The predicted molar refractivity (Wildman–Crippen MR) is 30.4 cm³/mol. The first-order chi connectivity index (χ1) is 3.56. The lowest BCUT2D eigenvalue weighted by molar-refractivity contribution is 0.581. The molecule has 0 aromatic heterocycles. The molecule has 1 radical (unpaired) electrons. The van der Waals surface area contributed by atoms with Crippen LogP contribution in [0.25, 0.3) is 0 Å². The summed E-state index contributed by atoms with van der Waals surface area (Å²) >= 11 is 0. The smallest absolute Gasteiger partial charge is 0.214 e. The molecule has 0 saturated heterocycles. The molecule has 5 heteroatoms. The molecule has 8 heavy (non-hydrogen) atoms. The van der Waals surface area contributed by atoms with E-state index in [1.54, 1.807) is 0 Å². The summed E-state index contributed by atoms with van der Waals surface area (Å²) in [6.07, 6.45) is 0.705. The topological polar surface area (TPSA) is 74.3 Å². The van der Waals surface area contributed by atoms with Gasteiger partial charge in [0, 0.05) is 6.54 Å². The van der Waals surface area contributed by atoms with Crippen molar-refractivity contribution in [3.05, 3.63) is 0 Å². The van der Waals surface area contributed by atoms with Crippen LogP contribution in [0.5, 0.6) is 0 Å². The quantitative estimate of drug-likeness (QED) is 0.553. The summed E-state index contributed by atoms with van der Waals surface area (Å²) < 4.78 is 23.1. The van der Waals surface area contributed by atoms with E-state index in [0.717, 1.165) is 0 Å². The van der Waals surface area contributed by atoms with Crippen LogP contribution in [-0.2, 0) is 10.2 Å². The lowest BCUT2D eigenvalue weighted by Crippen LogP contribution is -2.24. The van der Waals surface area contributed by atoms with E-state index in [1.807, 2.05) is 6.92 Å². The van der Waals surface area contributed by atoms with E-state index in [2.05, 4.69) is 9.86 Å². The average molecular weight is 137 g/mol.